The van der Waals surface area contributed by atoms with Crippen molar-refractivity contribution >= 4 is 29.3 Å². The van der Waals surface area contributed by atoms with E-state index in [9.17, 15) is 19.5 Å². The Morgan fingerprint density at radius 3 is 2.00 bits per heavy atom. The SMILES string of the molecule is O=C(c1ccccc1)c1ccc(C(=O)N2C(c3ccccc3Cl)CC[C@H]2C(=O)O)cc1. The van der Waals surface area contributed by atoms with Gasteiger partial charge >= 0.3 is 5.97 Å². The van der Waals surface area contributed by atoms with Crippen molar-refractivity contribution < 1.29 is 19.5 Å². The fourth-order valence-electron chi connectivity index (χ4n) is 4.06. The lowest BCUT2D eigenvalue weighted by molar-refractivity contribution is -0.141. The Bertz CT molecular complexity index is 1130. The summed E-state index contributed by atoms with van der Waals surface area (Å²) in [6, 6.07) is 21.0. The van der Waals surface area contributed by atoms with Gasteiger partial charge in [-0.2, -0.15) is 0 Å². The lowest BCUT2D eigenvalue weighted by atomic mass is 10.0. The quantitative estimate of drug-likeness (QED) is 0.574. The van der Waals surface area contributed by atoms with Crippen LogP contribution in [0.15, 0.2) is 78.9 Å². The van der Waals surface area contributed by atoms with Gasteiger partial charge in [0.1, 0.15) is 6.04 Å². The number of halogens is 1. The average Bonchev–Trinajstić information content (AvgIpc) is 3.24. The van der Waals surface area contributed by atoms with E-state index in [1.807, 2.05) is 18.2 Å². The molecule has 31 heavy (non-hydrogen) atoms. The Kier molecular flexibility index (Phi) is 5.87. The third-order valence-electron chi connectivity index (χ3n) is 5.60. The summed E-state index contributed by atoms with van der Waals surface area (Å²) in [6.07, 6.45) is 0.860. The van der Waals surface area contributed by atoms with Crippen LogP contribution >= 0.6 is 11.6 Å². The number of likely N-dealkylation sites (tertiary alicyclic amines) is 1. The third kappa shape index (κ3) is 4.09. The van der Waals surface area contributed by atoms with Gasteiger partial charge in [-0.1, -0.05) is 72.3 Å². The van der Waals surface area contributed by atoms with E-state index in [0.717, 1.165) is 5.56 Å². The third-order valence-corrected chi connectivity index (χ3v) is 5.94. The van der Waals surface area contributed by atoms with Gasteiger partial charge in [-0.25, -0.2) is 4.79 Å². The van der Waals surface area contributed by atoms with Gasteiger partial charge in [-0.3, -0.25) is 9.59 Å². The smallest absolute Gasteiger partial charge is 0.326 e. The van der Waals surface area contributed by atoms with Crippen molar-refractivity contribution in [3.63, 3.8) is 0 Å². The normalized spacial score (nSPS) is 18.0. The highest BCUT2D eigenvalue weighted by atomic mass is 35.5. The number of rotatable bonds is 5. The van der Waals surface area contributed by atoms with Crippen molar-refractivity contribution in [2.24, 2.45) is 0 Å². The molecule has 1 N–H and O–H groups in total. The first kappa shape index (κ1) is 20.8. The fraction of sp³-hybridized carbons (Fsp3) is 0.160. The standard InChI is InChI=1S/C25H20ClNO4/c26-20-9-5-4-8-19(20)21-14-15-22(25(30)31)27(21)24(29)18-12-10-17(11-13-18)23(28)16-6-2-1-3-7-16/h1-13,21-22H,14-15H2,(H,30,31)/t21?,22-/m0/s1. The lowest BCUT2D eigenvalue weighted by Crippen LogP contribution is -2.41. The number of amides is 1. The van der Waals surface area contributed by atoms with Crippen molar-refractivity contribution in [2.75, 3.05) is 0 Å². The summed E-state index contributed by atoms with van der Waals surface area (Å²) >= 11 is 6.34. The maximum absolute atomic E-state index is 13.3. The van der Waals surface area contributed by atoms with Gasteiger partial charge in [0.2, 0.25) is 0 Å². The Morgan fingerprint density at radius 2 is 1.35 bits per heavy atom. The van der Waals surface area contributed by atoms with E-state index in [1.165, 1.54) is 4.90 Å². The molecule has 1 unspecified atom stereocenters. The van der Waals surface area contributed by atoms with Crippen molar-refractivity contribution in [1.29, 1.82) is 0 Å². The second kappa shape index (κ2) is 8.74. The first-order chi connectivity index (χ1) is 15.0. The predicted octanol–water partition coefficient (Wildman–Crippen LogP) is 5.00. The molecule has 0 aliphatic carbocycles. The largest absolute Gasteiger partial charge is 0.480 e. The number of carboxylic acids is 1. The molecule has 1 aliphatic heterocycles. The number of ketones is 1. The molecule has 4 rings (SSSR count). The molecule has 3 aromatic rings. The van der Waals surface area contributed by atoms with Gasteiger partial charge in [0, 0.05) is 21.7 Å². The molecule has 1 saturated heterocycles. The Hall–Kier alpha value is -3.44. The highest BCUT2D eigenvalue weighted by Gasteiger charge is 2.42. The summed E-state index contributed by atoms with van der Waals surface area (Å²) in [5.41, 5.74) is 2.08. The monoisotopic (exact) mass is 433 g/mol. The van der Waals surface area contributed by atoms with E-state index in [1.54, 1.807) is 60.7 Å². The predicted molar refractivity (Wildman–Crippen MR) is 117 cm³/mol. The van der Waals surface area contributed by atoms with E-state index in [-0.39, 0.29) is 5.78 Å². The molecule has 5 nitrogen and oxygen atoms in total. The zero-order valence-electron chi connectivity index (χ0n) is 16.6. The summed E-state index contributed by atoms with van der Waals surface area (Å²) in [6.45, 7) is 0. The van der Waals surface area contributed by atoms with E-state index in [0.29, 0.717) is 34.6 Å². The van der Waals surface area contributed by atoms with E-state index < -0.39 is 24.0 Å². The van der Waals surface area contributed by atoms with Crippen LogP contribution in [0.25, 0.3) is 0 Å². The maximum Gasteiger partial charge on any atom is 0.326 e. The van der Waals surface area contributed by atoms with Gasteiger partial charge in [-0.05, 0) is 36.6 Å². The molecule has 0 bridgehead atoms. The molecule has 0 aromatic heterocycles. The fourth-order valence-corrected chi connectivity index (χ4v) is 4.32. The zero-order valence-corrected chi connectivity index (χ0v) is 17.3. The van der Waals surface area contributed by atoms with Gasteiger partial charge < -0.3 is 10.0 Å². The first-order valence-corrected chi connectivity index (χ1v) is 10.3. The van der Waals surface area contributed by atoms with Crippen molar-refractivity contribution in [3.8, 4) is 0 Å². The van der Waals surface area contributed by atoms with Gasteiger partial charge in [0.05, 0.1) is 6.04 Å². The Balaban J connectivity index is 1.63. The van der Waals surface area contributed by atoms with Crippen molar-refractivity contribution in [3.05, 3.63) is 106 Å². The molecule has 1 aliphatic rings. The van der Waals surface area contributed by atoms with Crippen LogP contribution in [-0.4, -0.2) is 33.7 Å². The number of aliphatic carboxylic acids is 1. The number of nitrogens with zero attached hydrogens (tertiary/aromatic N) is 1. The van der Waals surface area contributed by atoms with Crippen LogP contribution in [0, 0.1) is 0 Å². The second-order valence-electron chi connectivity index (χ2n) is 7.45. The topological polar surface area (TPSA) is 74.7 Å². The molecule has 0 saturated carbocycles. The minimum absolute atomic E-state index is 0.141. The average molecular weight is 434 g/mol. The molecule has 6 heteroatoms. The van der Waals surface area contributed by atoms with Crippen LogP contribution in [0.4, 0.5) is 0 Å². The summed E-state index contributed by atoms with van der Waals surface area (Å²) in [4.78, 5) is 39.2. The minimum atomic E-state index is -1.04. The molecule has 0 radical (unpaired) electrons. The van der Waals surface area contributed by atoms with Crippen LogP contribution in [-0.2, 0) is 4.79 Å². The lowest BCUT2D eigenvalue weighted by Gasteiger charge is -2.29. The number of hydrogen-bond acceptors (Lipinski definition) is 3. The number of carbonyl (C=O) groups excluding carboxylic acids is 2. The van der Waals surface area contributed by atoms with Crippen LogP contribution in [0.3, 0.4) is 0 Å². The van der Waals surface area contributed by atoms with Crippen LogP contribution in [0.2, 0.25) is 5.02 Å². The summed E-state index contributed by atoms with van der Waals surface area (Å²) in [5.74, 6) is -1.58. The number of benzene rings is 3. The molecule has 3 aromatic carbocycles. The van der Waals surface area contributed by atoms with Crippen LogP contribution in [0.5, 0.6) is 0 Å². The molecule has 0 spiro atoms. The van der Waals surface area contributed by atoms with Crippen molar-refractivity contribution in [2.45, 2.75) is 24.9 Å². The van der Waals surface area contributed by atoms with Crippen molar-refractivity contribution in [1.82, 2.24) is 4.90 Å². The molecule has 1 fully saturated rings. The van der Waals surface area contributed by atoms with Crippen LogP contribution < -0.4 is 0 Å². The Labute approximate surface area is 184 Å². The second-order valence-corrected chi connectivity index (χ2v) is 7.86. The minimum Gasteiger partial charge on any atom is -0.480 e. The number of carboxylic acid groups (broad SMARTS) is 1. The number of carbonyl (C=O) groups is 3. The highest BCUT2D eigenvalue weighted by Crippen LogP contribution is 2.40. The molecule has 1 heterocycles. The Morgan fingerprint density at radius 1 is 0.774 bits per heavy atom. The van der Waals surface area contributed by atoms with Crippen LogP contribution in [0.1, 0.15) is 50.7 Å². The first-order valence-electron chi connectivity index (χ1n) is 9.97. The molecule has 1 amide bonds. The molecule has 156 valence electrons. The molecule has 2 atom stereocenters. The summed E-state index contributed by atoms with van der Waals surface area (Å²) in [5, 5.41) is 10.2. The summed E-state index contributed by atoms with van der Waals surface area (Å²) < 4.78 is 0. The maximum atomic E-state index is 13.3. The molecular weight excluding hydrogens is 414 g/mol. The van der Waals surface area contributed by atoms with E-state index >= 15 is 0 Å². The van der Waals surface area contributed by atoms with E-state index in [4.69, 9.17) is 11.6 Å². The number of hydrogen-bond donors (Lipinski definition) is 1. The zero-order chi connectivity index (χ0) is 22.0. The van der Waals surface area contributed by atoms with Gasteiger partial charge in [0.15, 0.2) is 5.78 Å². The molecular formula is C25H20ClNO4. The van der Waals surface area contributed by atoms with E-state index in [2.05, 4.69) is 0 Å². The van der Waals surface area contributed by atoms with Gasteiger partial charge in [-0.15, -0.1) is 0 Å². The summed E-state index contributed by atoms with van der Waals surface area (Å²) in [7, 11) is 0. The van der Waals surface area contributed by atoms with Gasteiger partial charge in [0.25, 0.3) is 5.91 Å². The highest BCUT2D eigenvalue weighted by molar-refractivity contribution is 6.31.